The molecule has 1 heterocycles. The second-order valence-electron chi connectivity index (χ2n) is 4.79. The second-order valence-corrected chi connectivity index (χ2v) is 5.71. The second kappa shape index (κ2) is 5.66. The number of hydrogen-bond acceptors (Lipinski definition) is 2. The lowest BCUT2D eigenvalue weighted by Crippen LogP contribution is -1.97. The number of halogens is 1. The summed E-state index contributed by atoms with van der Waals surface area (Å²) >= 11 is 3.45. The van der Waals surface area contributed by atoms with E-state index in [-0.39, 0.29) is 0 Å². The highest BCUT2D eigenvalue weighted by Gasteiger charge is 2.12. The van der Waals surface area contributed by atoms with Gasteiger partial charge in [-0.2, -0.15) is 5.10 Å². The standard InChI is InChI=1S/C17H13BrN2O/c1-12-5-2-3-8-16(12)20-10-14(11-21)17(19-20)13-6-4-7-15(18)9-13/h2-11H,1H3. The Labute approximate surface area is 131 Å². The van der Waals surface area contributed by atoms with E-state index in [0.29, 0.717) is 11.3 Å². The van der Waals surface area contributed by atoms with Crippen LogP contribution in [0.4, 0.5) is 0 Å². The van der Waals surface area contributed by atoms with Crippen LogP contribution in [-0.2, 0) is 0 Å². The summed E-state index contributed by atoms with van der Waals surface area (Å²) in [5.41, 5.74) is 4.27. The SMILES string of the molecule is Cc1ccccc1-n1cc(C=O)c(-c2cccc(Br)c2)n1. The molecule has 0 spiro atoms. The highest BCUT2D eigenvalue weighted by molar-refractivity contribution is 9.10. The van der Waals surface area contributed by atoms with Gasteiger partial charge in [0.2, 0.25) is 0 Å². The molecular formula is C17H13BrN2O. The maximum absolute atomic E-state index is 11.4. The monoisotopic (exact) mass is 340 g/mol. The first-order chi connectivity index (χ1) is 10.2. The lowest BCUT2D eigenvalue weighted by molar-refractivity contribution is 0.112. The Morgan fingerprint density at radius 1 is 1.14 bits per heavy atom. The van der Waals surface area contributed by atoms with Crippen LogP contribution in [0.2, 0.25) is 0 Å². The average molecular weight is 341 g/mol. The van der Waals surface area contributed by atoms with Crippen molar-refractivity contribution in [3.8, 4) is 16.9 Å². The van der Waals surface area contributed by atoms with Crippen molar-refractivity contribution in [3.63, 3.8) is 0 Å². The third-order valence-electron chi connectivity index (χ3n) is 3.33. The number of nitrogens with zero attached hydrogens (tertiary/aromatic N) is 2. The van der Waals surface area contributed by atoms with E-state index in [1.807, 2.05) is 55.5 Å². The van der Waals surface area contributed by atoms with Crippen molar-refractivity contribution in [2.75, 3.05) is 0 Å². The first kappa shape index (κ1) is 13.8. The van der Waals surface area contributed by atoms with E-state index < -0.39 is 0 Å². The Kier molecular flexibility index (Phi) is 3.71. The molecule has 2 aromatic carbocycles. The van der Waals surface area contributed by atoms with Crippen LogP contribution in [0.15, 0.2) is 59.2 Å². The van der Waals surface area contributed by atoms with Gasteiger partial charge in [-0.05, 0) is 30.7 Å². The number of benzene rings is 2. The average Bonchev–Trinajstić information content (AvgIpc) is 2.92. The summed E-state index contributed by atoms with van der Waals surface area (Å²) in [6.45, 7) is 2.02. The zero-order chi connectivity index (χ0) is 14.8. The highest BCUT2D eigenvalue weighted by atomic mass is 79.9. The quantitative estimate of drug-likeness (QED) is 0.661. The zero-order valence-electron chi connectivity index (χ0n) is 11.5. The van der Waals surface area contributed by atoms with Crippen LogP contribution in [-0.4, -0.2) is 16.1 Å². The molecule has 0 aliphatic heterocycles. The minimum Gasteiger partial charge on any atom is -0.298 e. The largest absolute Gasteiger partial charge is 0.298 e. The first-order valence-electron chi connectivity index (χ1n) is 6.56. The molecule has 0 bridgehead atoms. The van der Waals surface area contributed by atoms with Crippen LogP contribution in [0.25, 0.3) is 16.9 Å². The molecule has 3 rings (SSSR count). The molecule has 0 radical (unpaired) electrons. The van der Waals surface area contributed by atoms with Crippen molar-refractivity contribution in [2.45, 2.75) is 6.92 Å². The van der Waals surface area contributed by atoms with Gasteiger partial charge in [0.05, 0.1) is 11.3 Å². The Hall–Kier alpha value is -2.20. The van der Waals surface area contributed by atoms with Crippen molar-refractivity contribution in [3.05, 3.63) is 70.3 Å². The van der Waals surface area contributed by atoms with Gasteiger partial charge in [0, 0.05) is 16.2 Å². The fourth-order valence-corrected chi connectivity index (χ4v) is 2.68. The van der Waals surface area contributed by atoms with Gasteiger partial charge in [0.25, 0.3) is 0 Å². The zero-order valence-corrected chi connectivity index (χ0v) is 13.0. The van der Waals surface area contributed by atoms with Crippen molar-refractivity contribution in [2.24, 2.45) is 0 Å². The molecule has 0 fully saturated rings. The Balaban J connectivity index is 2.15. The van der Waals surface area contributed by atoms with E-state index in [1.165, 1.54) is 0 Å². The summed E-state index contributed by atoms with van der Waals surface area (Å²) in [5, 5.41) is 4.59. The summed E-state index contributed by atoms with van der Waals surface area (Å²) in [7, 11) is 0. The van der Waals surface area contributed by atoms with Crippen molar-refractivity contribution < 1.29 is 4.79 Å². The highest BCUT2D eigenvalue weighted by Crippen LogP contribution is 2.25. The molecule has 1 aromatic heterocycles. The maximum atomic E-state index is 11.4. The molecule has 0 saturated heterocycles. The van der Waals surface area contributed by atoms with E-state index in [4.69, 9.17) is 0 Å². The van der Waals surface area contributed by atoms with Gasteiger partial charge >= 0.3 is 0 Å². The van der Waals surface area contributed by atoms with Crippen LogP contribution in [0, 0.1) is 6.92 Å². The molecule has 3 aromatic rings. The van der Waals surface area contributed by atoms with Crippen LogP contribution >= 0.6 is 15.9 Å². The molecule has 0 N–H and O–H groups in total. The lowest BCUT2D eigenvalue weighted by atomic mass is 10.1. The van der Waals surface area contributed by atoms with Gasteiger partial charge in [-0.3, -0.25) is 4.79 Å². The summed E-state index contributed by atoms with van der Waals surface area (Å²) < 4.78 is 2.72. The molecule has 0 amide bonds. The van der Waals surface area contributed by atoms with Gasteiger partial charge in [0.15, 0.2) is 6.29 Å². The number of para-hydroxylation sites is 1. The van der Waals surface area contributed by atoms with Crippen LogP contribution < -0.4 is 0 Å². The first-order valence-corrected chi connectivity index (χ1v) is 7.35. The van der Waals surface area contributed by atoms with Gasteiger partial charge < -0.3 is 0 Å². The molecule has 0 aliphatic rings. The molecule has 0 aliphatic carbocycles. The normalized spacial score (nSPS) is 10.6. The summed E-state index contributed by atoms with van der Waals surface area (Å²) in [5.74, 6) is 0. The number of aldehydes is 1. The van der Waals surface area contributed by atoms with Gasteiger partial charge in [-0.25, -0.2) is 4.68 Å². The fourth-order valence-electron chi connectivity index (χ4n) is 2.28. The molecule has 0 atom stereocenters. The number of aryl methyl sites for hydroxylation is 1. The van der Waals surface area contributed by atoms with E-state index in [9.17, 15) is 4.79 Å². The van der Waals surface area contributed by atoms with Gasteiger partial charge in [0.1, 0.15) is 5.69 Å². The van der Waals surface area contributed by atoms with Gasteiger partial charge in [-0.1, -0.05) is 46.3 Å². The number of hydrogen-bond donors (Lipinski definition) is 0. The third kappa shape index (κ3) is 2.67. The molecule has 0 saturated carbocycles. The number of rotatable bonds is 3. The molecule has 4 heteroatoms. The van der Waals surface area contributed by atoms with E-state index in [1.54, 1.807) is 10.9 Å². The minimum atomic E-state index is 0.580. The molecule has 104 valence electrons. The topological polar surface area (TPSA) is 34.9 Å². The van der Waals surface area contributed by atoms with Crippen molar-refractivity contribution in [1.82, 2.24) is 9.78 Å². The summed E-state index contributed by atoms with van der Waals surface area (Å²) in [6, 6.07) is 15.7. The fraction of sp³-hybridized carbons (Fsp3) is 0.0588. The van der Waals surface area contributed by atoms with Crippen molar-refractivity contribution >= 4 is 22.2 Å². The summed E-state index contributed by atoms with van der Waals surface area (Å²) in [4.78, 5) is 11.4. The number of aromatic nitrogens is 2. The predicted octanol–water partition coefficient (Wildman–Crippen LogP) is 4.42. The minimum absolute atomic E-state index is 0.580. The molecular weight excluding hydrogens is 328 g/mol. The Morgan fingerprint density at radius 3 is 2.67 bits per heavy atom. The molecule has 21 heavy (non-hydrogen) atoms. The maximum Gasteiger partial charge on any atom is 0.153 e. The smallest absolute Gasteiger partial charge is 0.153 e. The van der Waals surface area contributed by atoms with E-state index >= 15 is 0 Å². The van der Waals surface area contributed by atoms with Crippen LogP contribution in [0.5, 0.6) is 0 Å². The Bertz CT molecular complexity index is 808. The third-order valence-corrected chi connectivity index (χ3v) is 3.82. The van der Waals surface area contributed by atoms with E-state index in [0.717, 1.165) is 27.6 Å². The van der Waals surface area contributed by atoms with Crippen LogP contribution in [0.1, 0.15) is 15.9 Å². The van der Waals surface area contributed by atoms with Crippen LogP contribution in [0.3, 0.4) is 0 Å². The molecule has 3 nitrogen and oxygen atoms in total. The Morgan fingerprint density at radius 2 is 1.95 bits per heavy atom. The summed E-state index contributed by atoms with van der Waals surface area (Å²) in [6.07, 6.45) is 2.61. The van der Waals surface area contributed by atoms with E-state index in [2.05, 4.69) is 21.0 Å². The number of carbonyl (C=O) groups is 1. The number of carbonyl (C=O) groups excluding carboxylic acids is 1. The molecule has 0 unspecified atom stereocenters. The lowest BCUT2D eigenvalue weighted by Gasteiger charge is -2.04. The predicted molar refractivity (Wildman–Crippen MR) is 86.8 cm³/mol. The van der Waals surface area contributed by atoms with Gasteiger partial charge in [-0.15, -0.1) is 0 Å². The van der Waals surface area contributed by atoms with Crippen molar-refractivity contribution in [1.29, 1.82) is 0 Å².